The van der Waals surface area contributed by atoms with E-state index in [-0.39, 0.29) is 11.8 Å². The zero-order chi connectivity index (χ0) is 14.3. The van der Waals surface area contributed by atoms with Gasteiger partial charge in [0.25, 0.3) is 5.91 Å². The lowest BCUT2D eigenvalue weighted by atomic mass is 9.97. The van der Waals surface area contributed by atoms with Gasteiger partial charge in [-0.15, -0.1) is 0 Å². The number of nitrogen functional groups attached to an aromatic ring is 1. The highest BCUT2D eigenvalue weighted by atomic mass is 16.5. The first-order valence-corrected chi connectivity index (χ1v) is 6.66. The van der Waals surface area contributed by atoms with Gasteiger partial charge in [0.05, 0.1) is 5.56 Å². The van der Waals surface area contributed by atoms with E-state index >= 15 is 0 Å². The van der Waals surface area contributed by atoms with E-state index in [2.05, 4.69) is 5.32 Å². The number of benzene rings is 1. The van der Waals surface area contributed by atoms with Crippen molar-refractivity contribution in [3.63, 3.8) is 0 Å². The number of amides is 2. The standard InChI is InChI=1S/C14H17N3O3/c1-9(18)17-6-4-14(5-7-17)16-13(19)11-3-2-10(15)8-12(11)20-14/h2-3,8H,4-7,15H2,1H3,(H,16,19). The first-order valence-electron chi connectivity index (χ1n) is 6.66. The van der Waals surface area contributed by atoms with E-state index in [1.54, 1.807) is 30.0 Å². The molecule has 0 bridgehead atoms. The summed E-state index contributed by atoms with van der Waals surface area (Å²) in [6.45, 7) is 2.70. The monoisotopic (exact) mass is 275 g/mol. The number of nitrogens with two attached hydrogens (primary N) is 1. The normalized spacial score (nSPS) is 20.1. The van der Waals surface area contributed by atoms with Crippen LogP contribution in [0.25, 0.3) is 0 Å². The third-order valence-corrected chi connectivity index (χ3v) is 3.91. The molecule has 0 aromatic heterocycles. The zero-order valence-corrected chi connectivity index (χ0v) is 11.3. The van der Waals surface area contributed by atoms with Crippen LogP contribution < -0.4 is 15.8 Å². The number of carbonyl (C=O) groups is 2. The number of likely N-dealkylation sites (tertiary alicyclic amines) is 1. The summed E-state index contributed by atoms with van der Waals surface area (Å²) < 4.78 is 5.99. The quantitative estimate of drug-likeness (QED) is 0.684. The molecule has 2 aliphatic heterocycles. The topological polar surface area (TPSA) is 84.7 Å². The number of ether oxygens (including phenoxy) is 1. The number of nitrogens with one attached hydrogen (secondary N) is 1. The second-order valence-corrected chi connectivity index (χ2v) is 5.31. The van der Waals surface area contributed by atoms with E-state index in [9.17, 15) is 9.59 Å². The maximum atomic E-state index is 12.2. The van der Waals surface area contributed by atoms with Crippen LogP contribution in [0.1, 0.15) is 30.1 Å². The molecule has 1 aromatic carbocycles. The number of nitrogens with zero attached hydrogens (tertiary/aromatic N) is 1. The number of carbonyl (C=O) groups excluding carboxylic acids is 2. The number of hydrogen-bond donors (Lipinski definition) is 2. The van der Waals surface area contributed by atoms with Crippen LogP contribution in [-0.4, -0.2) is 35.5 Å². The fourth-order valence-electron chi connectivity index (χ4n) is 2.73. The molecule has 1 saturated heterocycles. The Kier molecular flexibility index (Phi) is 2.81. The average molecular weight is 275 g/mol. The van der Waals surface area contributed by atoms with Crippen molar-refractivity contribution in [1.82, 2.24) is 10.2 Å². The van der Waals surface area contributed by atoms with Gasteiger partial charge >= 0.3 is 0 Å². The minimum Gasteiger partial charge on any atom is -0.467 e. The molecule has 0 radical (unpaired) electrons. The molecule has 0 unspecified atom stereocenters. The molecule has 0 aliphatic carbocycles. The van der Waals surface area contributed by atoms with Crippen molar-refractivity contribution in [2.75, 3.05) is 18.8 Å². The molecule has 1 aromatic rings. The van der Waals surface area contributed by atoms with Gasteiger partial charge in [0, 0.05) is 44.6 Å². The first-order chi connectivity index (χ1) is 9.49. The Hall–Kier alpha value is -2.24. The molecule has 2 heterocycles. The number of fused-ring (bicyclic) bond motifs is 1. The highest BCUT2D eigenvalue weighted by molar-refractivity contribution is 5.98. The fourth-order valence-corrected chi connectivity index (χ4v) is 2.73. The Morgan fingerprint density at radius 1 is 1.40 bits per heavy atom. The van der Waals surface area contributed by atoms with E-state index < -0.39 is 5.72 Å². The van der Waals surface area contributed by atoms with Gasteiger partial charge in [-0.1, -0.05) is 0 Å². The van der Waals surface area contributed by atoms with E-state index in [1.165, 1.54) is 0 Å². The SMILES string of the molecule is CC(=O)N1CCC2(CC1)NC(=O)c1ccc(N)cc1O2. The van der Waals surface area contributed by atoms with Gasteiger partial charge in [0.2, 0.25) is 5.91 Å². The van der Waals surface area contributed by atoms with Crippen molar-refractivity contribution in [2.45, 2.75) is 25.5 Å². The van der Waals surface area contributed by atoms with Crippen LogP contribution in [0.5, 0.6) is 5.75 Å². The molecule has 0 saturated carbocycles. The second-order valence-electron chi connectivity index (χ2n) is 5.31. The first kappa shape index (κ1) is 12.8. The summed E-state index contributed by atoms with van der Waals surface area (Å²) in [6.07, 6.45) is 1.15. The molecule has 1 fully saturated rings. The van der Waals surface area contributed by atoms with Gasteiger partial charge in [-0.2, -0.15) is 0 Å². The molecule has 0 atom stereocenters. The lowest BCUT2D eigenvalue weighted by molar-refractivity contribution is -0.133. The van der Waals surface area contributed by atoms with Gasteiger partial charge < -0.3 is 20.7 Å². The molecular weight excluding hydrogens is 258 g/mol. The summed E-state index contributed by atoms with van der Waals surface area (Å²) in [5, 5.41) is 2.93. The maximum absolute atomic E-state index is 12.2. The molecule has 106 valence electrons. The third kappa shape index (κ3) is 2.07. The Morgan fingerprint density at radius 3 is 2.75 bits per heavy atom. The average Bonchev–Trinajstić information content (AvgIpc) is 2.38. The summed E-state index contributed by atoms with van der Waals surface area (Å²) in [5.74, 6) is 0.416. The Morgan fingerprint density at radius 2 is 2.10 bits per heavy atom. The Bertz CT molecular complexity index is 577. The van der Waals surface area contributed by atoms with Crippen LogP contribution in [0.3, 0.4) is 0 Å². The van der Waals surface area contributed by atoms with Crippen molar-refractivity contribution in [3.05, 3.63) is 23.8 Å². The summed E-state index contributed by atoms with van der Waals surface area (Å²) >= 11 is 0. The molecule has 6 heteroatoms. The van der Waals surface area contributed by atoms with Crippen LogP contribution in [0.2, 0.25) is 0 Å². The van der Waals surface area contributed by atoms with E-state index in [4.69, 9.17) is 10.5 Å². The third-order valence-electron chi connectivity index (χ3n) is 3.91. The van der Waals surface area contributed by atoms with Crippen LogP contribution in [0.4, 0.5) is 5.69 Å². The number of piperidine rings is 1. The van der Waals surface area contributed by atoms with Gasteiger partial charge in [0.15, 0.2) is 5.72 Å². The predicted octanol–water partition coefficient (Wildman–Crippen LogP) is 0.730. The highest BCUT2D eigenvalue weighted by Gasteiger charge is 2.42. The van der Waals surface area contributed by atoms with Gasteiger partial charge in [-0.05, 0) is 12.1 Å². The second kappa shape index (κ2) is 4.40. The molecule has 3 rings (SSSR count). The molecular formula is C14H17N3O3. The fraction of sp³-hybridized carbons (Fsp3) is 0.429. The Labute approximate surface area is 116 Å². The van der Waals surface area contributed by atoms with Crippen LogP contribution >= 0.6 is 0 Å². The van der Waals surface area contributed by atoms with Gasteiger partial charge in [-0.3, -0.25) is 9.59 Å². The molecule has 20 heavy (non-hydrogen) atoms. The number of anilines is 1. The van der Waals surface area contributed by atoms with Crippen molar-refractivity contribution >= 4 is 17.5 Å². The molecule has 1 spiro atoms. The van der Waals surface area contributed by atoms with E-state index in [1.807, 2.05) is 0 Å². The lowest BCUT2D eigenvalue weighted by Gasteiger charge is -2.44. The number of rotatable bonds is 0. The van der Waals surface area contributed by atoms with Crippen molar-refractivity contribution < 1.29 is 14.3 Å². The molecule has 6 nitrogen and oxygen atoms in total. The lowest BCUT2D eigenvalue weighted by Crippen LogP contribution is -2.61. The van der Waals surface area contributed by atoms with Crippen molar-refractivity contribution in [1.29, 1.82) is 0 Å². The zero-order valence-electron chi connectivity index (χ0n) is 11.3. The van der Waals surface area contributed by atoms with Gasteiger partial charge in [-0.25, -0.2) is 0 Å². The van der Waals surface area contributed by atoms with Crippen molar-refractivity contribution in [2.24, 2.45) is 0 Å². The molecule has 3 N–H and O–H groups in total. The largest absolute Gasteiger partial charge is 0.467 e. The summed E-state index contributed by atoms with van der Waals surface area (Å²) in [7, 11) is 0. The van der Waals surface area contributed by atoms with Crippen LogP contribution in [-0.2, 0) is 4.79 Å². The highest BCUT2D eigenvalue weighted by Crippen LogP contribution is 2.34. The molecule has 2 aliphatic rings. The summed E-state index contributed by atoms with van der Waals surface area (Å²) in [6, 6.07) is 5.02. The Balaban J connectivity index is 1.84. The van der Waals surface area contributed by atoms with Crippen LogP contribution in [0.15, 0.2) is 18.2 Å². The molecule has 2 amide bonds. The summed E-state index contributed by atoms with van der Waals surface area (Å²) in [5.41, 5.74) is 6.09. The van der Waals surface area contributed by atoms with E-state index in [0.29, 0.717) is 42.9 Å². The van der Waals surface area contributed by atoms with Gasteiger partial charge in [0.1, 0.15) is 5.75 Å². The minimum absolute atomic E-state index is 0.0478. The number of hydrogen-bond acceptors (Lipinski definition) is 4. The summed E-state index contributed by atoms with van der Waals surface area (Å²) in [4.78, 5) is 25.3. The predicted molar refractivity (Wildman–Crippen MR) is 73.2 cm³/mol. The van der Waals surface area contributed by atoms with E-state index in [0.717, 1.165) is 0 Å². The van der Waals surface area contributed by atoms with Crippen molar-refractivity contribution in [3.8, 4) is 5.75 Å². The maximum Gasteiger partial charge on any atom is 0.258 e. The van der Waals surface area contributed by atoms with Crippen LogP contribution in [0, 0.1) is 0 Å². The smallest absolute Gasteiger partial charge is 0.258 e. The minimum atomic E-state index is -0.718.